The van der Waals surface area contributed by atoms with E-state index in [1.165, 1.54) is 18.2 Å². The molecule has 2 bridgehead atoms. The summed E-state index contributed by atoms with van der Waals surface area (Å²) in [7, 11) is -1.18. The Balaban J connectivity index is 1.43. The van der Waals surface area contributed by atoms with Crippen LogP contribution in [0.25, 0.3) is 0 Å². The molecule has 11 nitrogen and oxygen atoms in total. The fourth-order valence-electron chi connectivity index (χ4n) is 8.61. The van der Waals surface area contributed by atoms with Crippen molar-refractivity contribution in [2.45, 2.75) is 88.0 Å². The molecule has 1 saturated carbocycles. The lowest BCUT2D eigenvalue weighted by molar-refractivity contribution is -0.146. The van der Waals surface area contributed by atoms with Gasteiger partial charge in [0.25, 0.3) is 5.91 Å². The molecule has 2 aromatic carbocycles. The Morgan fingerprint density at radius 2 is 1.94 bits per heavy atom. The number of hydrogen-bond acceptors (Lipinski definition) is 9. The summed E-state index contributed by atoms with van der Waals surface area (Å²) in [5, 5.41) is 2.56. The van der Waals surface area contributed by atoms with Gasteiger partial charge in [0.05, 0.1) is 36.7 Å². The first-order valence-corrected chi connectivity index (χ1v) is 20.1. The van der Waals surface area contributed by atoms with Gasteiger partial charge in [-0.15, -0.1) is 0 Å². The first-order chi connectivity index (χ1) is 24.7. The largest absolute Gasteiger partial charge is 0.490 e. The predicted molar refractivity (Wildman–Crippen MR) is 199 cm³/mol. The summed E-state index contributed by atoms with van der Waals surface area (Å²) in [6.45, 7) is 6.60. The van der Waals surface area contributed by atoms with Gasteiger partial charge in [-0.05, 0) is 112 Å². The zero-order valence-electron chi connectivity index (χ0n) is 30.6. The van der Waals surface area contributed by atoms with Gasteiger partial charge >= 0.3 is 5.97 Å². The van der Waals surface area contributed by atoms with Gasteiger partial charge in [0, 0.05) is 36.2 Å². The number of anilines is 1. The van der Waals surface area contributed by atoms with Crippen LogP contribution >= 0.6 is 11.6 Å². The van der Waals surface area contributed by atoms with E-state index in [4.69, 9.17) is 25.8 Å². The molecule has 1 fully saturated rings. The first-order valence-electron chi connectivity index (χ1n) is 18.2. The molecule has 0 radical (unpaired) electrons. The number of methoxy groups -OCH3 is 2. The summed E-state index contributed by atoms with van der Waals surface area (Å²) in [5.74, 6) is -1.33. The van der Waals surface area contributed by atoms with Crippen LogP contribution in [-0.4, -0.2) is 77.0 Å². The summed E-state index contributed by atoms with van der Waals surface area (Å²) in [6, 6.07) is 10.4. The van der Waals surface area contributed by atoms with Crippen LogP contribution in [0.5, 0.6) is 5.75 Å². The number of benzene rings is 2. The number of nitrogens with one attached hydrogen (secondary N) is 2. The minimum atomic E-state index is -4.05. The Morgan fingerprint density at radius 3 is 2.65 bits per heavy atom. The quantitative estimate of drug-likeness (QED) is 0.306. The minimum Gasteiger partial charge on any atom is -0.490 e. The third-order valence-corrected chi connectivity index (χ3v) is 14.1. The minimum absolute atomic E-state index is 0.0390. The van der Waals surface area contributed by atoms with Crippen molar-refractivity contribution >= 4 is 45.1 Å². The van der Waals surface area contributed by atoms with Gasteiger partial charge < -0.3 is 24.4 Å². The maximum Gasteiger partial charge on any atom is 0.328 e. The highest BCUT2D eigenvalue weighted by molar-refractivity contribution is 7.90. The average molecular weight is 756 g/mol. The number of carbonyl (C=O) groups is 3. The number of amides is 2. The highest BCUT2D eigenvalue weighted by atomic mass is 35.5. The maximum atomic E-state index is 13.6. The van der Waals surface area contributed by atoms with Crippen LogP contribution < -0.4 is 19.7 Å². The zero-order valence-corrected chi connectivity index (χ0v) is 32.1. The second-order valence-corrected chi connectivity index (χ2v) is 17.7. The van der Waals surface area contributed by atoms with Crippen LogP contribution in [0.3, 0.4) is 0 Å². The van der Waals surface area contributed by atoms with Crippen molar-refractivity contribution in [3.63, 3.8) is 0 Å². The molecule has 2 aromatic rings. The van der Waals surface area contributed by atoms with Crippen LogP contribution in [0, 0.1) is 17.8 Å². The Morgan fingerprint density at radius 1 is 1.15 bits per heavy atom. The number of nitrogens with zero attached hydrogens (tertiary/aromatic N) is 1. The molecule has 282 valence electrons. The molecule has 0 saturated heterocycles. The van der Waals surface area contributed by atoms with E-state index in [-0.39, 0.29) is 41.1 Å². The van der Waals surface area contributed by atoms with Crippen LogP contribution in [0.4, 0.5) is 5.69 Å². The van der Waals surface area contributed by atoms with Gasteiger partial charge in [0.15, 0.2) is 0 Å². The first kappa shape index (κ1) is 38.1. The highest BCUT2D eigenvalue weighted by Crippen LogP contribution is 2.50. The standard InChI is InChI=1S/C39H50ClN3O8S/c1-24-8-6-17-39(50-5,20-35(44)41-25(2)37(46)49-4)32-13-10-29(32)21-43-22-38(16-7-9-27-18-30(40)12-14-31(27)38)23-51-34-15-11-28(19-33(34)43)36(45)42-52(47,48)26(24)3/h6,11-12,14-15,17-19,24-26,29,32H,7-10,13,16,20-23H2,1-5H3,(H,41,44)(H,42,45)/b17-6+/t24-,25+,26+,29-,32+,38-,39+/m0/s1. The topological polar surface area (TPSA) is 140 Å². The number of ether oxygens (including phenoxy) is 3. The molecular weight excluding hydrogens is 706 g/mol. The Kier molecular flexibility index (Phi) is 11.0. The van der Waals surface area contributed by atoms with Crippen LogP contribution in [-0.2, 0) is 40.9 Å². The second-order valence-electron chi connectivity index (χ2n) is 15.2. The summed E-state index contributed by atoms with van der Waals surface area (Å²) in [4.78, 5) is 41.6. The van der Waals surface area contributed by atoms with Crippen molar-refractivity contribution in [1.82, 2.24) is 10.0 Å². The molecular formula is C39H50ClN3O8S. The Hall–Kier alpha value is -3.61. The van der Waals surface area contributed by atoms with E-state index in [9.17, 15) is 22.8 Å². The molecule has 6 rings (SSSR count). The summed E-state index contributed by atoms with van der Waals surface area (Å²) in [5.41, 5.74) is 1.94. The van der Waals surface area contributed by atoms with E-state index in [0.29, 0.717) is 42.6 Å². The molecule has 13 heteroatoms. The number of sulfonamides is 1. The number of rotatable bonds is 5. The predicted octanol–water partition coefficient (Wildman–Crippen LogP) is 5.34. The van der Waals surface area contributed by atoms with Gasteiger partial charge in [-0.1, -0.05) is 36.7 Å². The molecule has 0 aromatic heterocycles. The van der Waals surface area contributed by atoms with Crippen molar-refractivity contribution in [2.75, 3.05) is 38.8 Å². The SMILES string of the molecule is COC(=O)[C@@H](C)NC(=O)C[C@]1(OC)/C=C/C[C@H](C)[C@@H](C)S(=O)(=O)NC(=O)c2ccc3c(c2)N(C[C@@H]2CC[C@H]21)C[C@@]1(CCCc2cc(Cl)ccc21)CO3. The molecule has 2 aliphatic carbocycles. The number of halogens is 1. The third-order valence-electron chi connectivity index (χ3n) is 12.0. The lowest BCUT2D eigenvalue weighted by Crippen LogP contribution is -2.55. The highest BCUT2D eigenvalue weighted by Gasteiger charge is 2.50. The second kappa shape index (κ2) is 15.0. The molecule has 0 unspecified atom stereocenters. The van der Waals surface area contributed by atoms with Crippen LogP contribution in [0.15, 0.2) is 48.6 Å². The smallest absolute Gasteiger partial charge is 0.328 e. The summed E-state index contributed by atoms with van der Waals surface area (Å²) in [6.07, 6.45) is 8.60. The van der Waals surface area contributed by atoms with E-state index in [1.807, 2.05) is 31.2 Å². The van der Waals surface area contributed by atoms with E-state index < -0.39 is 38.8 Å². The monoisotopic (exact) mass is 755 g/mol. The maximum absolute atomic E-state index is 13.6. The number of aryl methyl sites for hydroxylation is 1. The van der Waals surface area contributed by atoms with Gasteiger partial charge in [-0.25, -0.2) is 17.9 Å². The Bertz CT molecular complexity index is 1850. The third kappa shape index (κ3) is 7.43. The molecule has 7 atom stereocenters. The normalized spacial score (nSPS) is 31.0. The lowest BCUT2D eigenvalue weighted by atomic mass is 9.62. The summed E-state index contributed by atoms with van der Waals surface area (Å²) < 4.78 is 47.1. The van der Waals surface area contributed by atoms with E-state index in [2.05, 4.69) is 21.0 Å². The van der Waals surface area contributed by atoms with Crippen molar-refractivity contribution < 1.29 is 37.0 Å². The number of allylic oxidation sites excluding steroid dienone is 1. The number of hydrogen-bond donors (Lipinski definition) is 2. The van der Waals surface area contributed by atoms with Gasteiger partial charge in [-0.2, -0.15) is 0 Å². The van der Waals surface area contributed by atoms with Gasteiger partial charge in [-0.3, -0.25) is 9.59 Å². The van der Waals surface area contributed by atoms with Crippen LogP contribution in [0.1, 0.15) is 80.8 Å². The van der Waals surface area contributed by atoms with Gasteiger partial charge in [0.2, 0.25) is 15.9 Å². The lowest BCUT2D eigenvalue weighted by Gasteiger charge is -2.50. The Labute approximate surface area is 311 Å². The molecule has 2 N–H and O–H groups in total. The fourth-order valence-corrected chi connectivity index (χ4v) is 10.1. The fraction of sp³-hybridized carbons (Fsp3) is 0.564. The van der Waals surface area contributed by atoms with Crippen molar-refractivity contribution in [3.8, 4) is 5.75 Å². The molecule has 4 aliphatic rings. The van der Waals surface area contributed by atoms with Crippen molar-refractivity contribution in [2.24, 2.45) is 17.8 Å². The van der Waals surface area contributed by atoms with Crippen molar-refractivity contribution in [1.29, 1.82) is 0 Å². The van der Waals surface area contributed by atoms with E-state index in [0.717, 1.165) is 32.1 Å². The van der Waals surface area contributed by atoms with E-state index >= 15 is 0 Å². The van der Waals surface area contributed by atoms with E-state index in [1.54, 1.807) is 39.2 Å². The number of fused-ring (bicyclic) bond motifs is 4. The molecule has 2 aliphatic heterocycles. The number of carbonyl (C=O) groups excluding carboxylic acids is 3. The van der Waals surface area contributed by atoms with Crippen molar-refractivity contribution in [3.05, 3.63) is 70.3 Å². The molecule has 2 amide bonds. The van der Waals surface area contributed by atoms with Gasteiger partial charge in [0.1, 0.15) is 11.8 Å². The molecule has 52 heavy (non-hydrogen) atoms. The molecule has 2 heterocycles. The number of esters is 1. The van der Waals surface area contributed by atoms with Crippen LogP contribution in [0.2, 0.25) is 5.02 Å². The average Bonchev–Trinajstić information content (AvgIpc) is 3.25. The molecule has 1 spiro atoms. The summed E-state index contributed by atoms with van der Waals surface area (Å²) >= 11 is 6.45. The zero-order chi connectivity index (χ0) is 37.4.